The molecule has 5 nitrogen and oxygen atoms in total. The average molecular weight is 225 g/mol. The molecule has 0 aliphatic rings. The first-order chi connectivity index (χ1) is 7.79. The molecule has 0 saturated heterocycles. The fourth-order valence-corrected chi connectivity index (χ4v) is 1.48. The number of carbonyl (C=O) groups is 1. The van der Waals surface area contributed by atoms with Gasteiger partial charge < -0.3 is 9.30 Å². The van der Waals surface area contributed by atoms with Gasteiger partial charge >= 0.3 is 5.97 Å². The zero-order chi connectivity index (χ0) is 11.8. The van der Waals surface area contributed by atoms with Crippen LogP contribution in [0.4, 0.5) is 0 Å². The van der Waals surface area contributed by atoms with E-state index in [9.17, 15) is 4.79 Å². The van der Waals surface area contributed by atoms with Crippen molar-refractivity contribution < 1.29 is 9.53 Å². The molecule has 0 aromatic carbocycles. The Morgan fingerprint density at radius 1 is 1.38 bits per heavy atom. The molecule has 0 aliphatic heterocycles. The fraction of sp³-hybridized carbons (Fsp3) is 0.727. The molecule has 0 fully saturated rings. The topological polar surface area (TPSA) is 57.0 Å². The van der Waals surface area contributed by atoms with E-state index in [1.165, 1.54) is 12.8 Å². The Hall–Kier alpha value is -1.39. The van der Waals surface area contributed by atoms with Crippen LogP contribution in [-0.2, 0) is 11.3 Å². The van der Waals surface area contributed by atoms with Gasteiger partial charge in [-0.2, -0.15) is 0 Å². The molecule has 1 heterocycles. The Morgan fingerprint density at radius 3 is 2.88 bits per heavy atom. The number of rotatable bonds is 7. The molecule has 0 spiro atoms. The van der Waals surface area contributed by atoms with Gasteiger partial charge in [-0.15, -0.1) is 10.2 Å². The van der Waals surface area contributed by atoms with E-state index in [-0.39, 0.29) is 0 Å². The van der Waals surface area contributed by atoms with Crippen molar-refractivity contribution in [1.29, 1.82) is 0 Å². The van der Waals surface area contributed by atoms with Crippen molar-refractivity contribution in [3.8, 4) is 0 Å². The molecule has 0 unspecified atom stereocenters. The van der Waals surface area contributed by atoms with Gasteiger partial charge in [0.15, 0.2) is 0 Å². The Balaban J connectivity index is 2.47. The summed E-state index contributed by atoms with van der Waals surface area (Å²) in [5.74, 6) is -0.0890. The summed E-state index contributed by atoms with van der Waals surface area (Å²) in [6, 6.07) is 0. The Bertz CT molecular complexity index is 323. The third kappa shape index (κ3) is 3.64. The van der Waals surface area contributed by atoms with Gasteiger partial charge in [-0.1, -0.05) is 26.2 Å². The predicted molar refractivity (Wildman–Crippen MR) is 60.1 cm³/mol. The summed E-state index contributed by atoms with van der Waals surface area (Å²) < 4.78 is 6.65. The molecule has 5 heteroatoms. The van der Waals surface area contributed by atoms with E-state index in [0.29, 0.717) is 12.4 Å². The molecule has 0 saturated carbocycles. The molecule has 0 bridgehead atoms. The van der Waals surface area contributed by atoms with Crippen LogP contribution in [0.5, 0.6) is 0 Å². The van der Waals surface area contributed by atoms with Gasteiger partial charge in [-0.3, -0.25) is 0 Å². The van der Waals surface area contributed by atoms with Crippen LogP contribution in [0.1, 0.15) is 50.1 Å². The number of unbranched alkanes of at least 4 members (excludes halogenated alkanes) is 3. The second-order valence-electron chi connectivity index (χ2n) is 3.63. The summed E-state index contributed by atoms with van der Waals surface area (Å²) >= 11 is 0. The maximum Gasteiger partial charge on any atom is 0.376 e. The summed E-state index contributed by atoms with van der Waals surface area (Å²) in [4.78, 5) is 11.5. The second-order valence-corrected chi connectivity index (χ2v) is 3.63. The van der Waals surface area contributed by atoms with Crippen molar-refractivity contribution in [1.82, 2.24) is 14.8 Å². The van der Waals surface area contributed by atoms with E-state index in [1.807, 2.05) is 0 Å². The first-order valence-electron chi connectivity index (χ1n) is 5.84. The van der Waals surface area contributed by atoms with Gasteiger partial charge in [0, 0.05) is 6.54 Å². The quantitative estimate of drug-likeness (QED) is 0.526. The second kappa shape index (κ2) is 6.98. The average Bonchev–Trinajstić information content (AvgIpc) is 2.73. The lowest BCUT2D eigenvalue weighted by Crippen LogP contribution is -2.13. The molecule has 0 amide bonds. The van der Waals surface area contributed by atoms with Crippen LogP contribution in [0.25, 0.3) is 0 Å². The molecule has 0 atom stereocenters. The first kappa shape index (κ1) is 12.7. The summed E-state index contributed by atoms with van der Waals surface area (Å²) in [6.45, 7) is 5.09. The maximum absolute atomic E-state index is 11.5. The van der Waals surface area contributed by atoms with Gasteiger partial charge in [0.1, 0.15) is 6.33 Å². The smallest absolute Gasteiger partial charge is 0.376 e. The predicted octanol–water partition coefficient (Wildman–Crippen LogP) is 2.04. The molecule has 0 radical (unpaired) electrons. The van der Waals surface area contributed by atoms with Gasteiger partial charge in [-0.05, 0) is 13.3 Å². The first-order valence-corrected chi connectivity index (χ1v) is 5.84. The van der Waals surface area contributed by atoms with Crippen LogP contribution < -0.4 is 0 Å². The minimum absolute atomic E-state index is 0.304. The molecular formula is C11H19N3O2. The highest BCUT2D eigenvalue weighted by molar-refractivity contribution is 5.85. The van der Waals surface area contributed by atoms with Crippen LogP contribution in [0.3, 0.4) is 0 Å². The largest absolute Gasteiger partial charge is 0.460 e. The molecular weight excluding hydrogens is 206 g/mol. The summed E-state index contributed by atoms with van der Waals surface area (Å²) in [6.07, 6.45) is 6.21. The number of esters is 1. The van der Waals surface area contributed by atoms with Crippen molar-refractivity contribution in [3.63, 3.8) is 0 Å². The van der Waals surface area contributed by atoms with E-state index in [0.717, 1.165) is 19.4 Å². The highest BCUT2D eigenvalue weighted by Crippen LogP contribution is 2.04. The zero-order valence-electron chi connectivity index (χ0n) is 9.98. The molecule has 90 valence electrons. The van der Waals surface area contributed by atoms with Crippen LogP contribution in [0.15, 0.2) is 6.33 Å². The normalized spacial score (nSPS) is 10.4. The molecule has 1 aromatic heterocycles. The minimum Gasteiger partial charge on any atom is -0.460 e. The lowest BCUT2D eigenvalue weighted by molar-refractivity contribution is 0.0505. The molecule has 0 N–H and O–H groups in total. The highest BCUT2D eigenvalue weighted by Gasteiger charge is 2.14. The van der Waals surface area contributed by atoms with E-state index in [2.05, 4.69) is 17.1 Å². The highest BCUT2D eigenvalue weighted by atomic mass is 16.5. The number of hydrogen-bond acceptors (Lipinski definition) is 4. The molecule has 16 heavy (non-hydrogen) atoms. The van der Waals surface area contributed by atoms with Gasteiger partial charge in [0.2, 0.25) is 5.82 Å². The van der Waals surface area contributed by atoms with Gasteiger partial charge in [0.05, 0.1) is 6.61 Å². The van der Waals surface area contributed by atoms with Crippen molar-refractivity contribution in [3.05, 3.63) is 12.2 Å². The molecule has 0 aliphatic carbocycles. The van der Waals surface area contributed by atoms with Gasteiger partial charge in [0.25, 0.3) is 0 Å². The molecule has 1 rings (SSSR count). The SMILES string of the molecule is CCCCCCn1cnnc1C(=O)OCC. The Kier molecular flexibility index (Phi) is 5.53. The van der Waals surface area contributed by atoms with Crippen LogP contribution in [0, 0.1) is 0 Å². The Labute approximate surface area is 95.8 Å². The van der Waals surface area contributed by atoms with E-state index < -0.39 is 5.97 Å². The van der Waals surface area contributed by atoms with Crippen LogP contribution in [-0.4, -0.2) is 27.3 Å². The van der Waals surface area contributed by atoms with Crippen LogP contribution >= 0.6 is 0 Å². The lowest BCUT2D eigenvalue weighted by atomic mass is 10.2. The number of nitrogens with zero attached hydrogens (tertiary/aromatic N) is 3. The van der Waals surface area contributed by atoms with E-state index in [1.54, 1.807) is 17.8 Å². The minimum atomic E-state index is -0.393. The third-order valence-electron chi connectivity index (χ3n) is 2.33. The van der Waals surface area contributed by atoms with E-state index >= 15 is 0 Å². The Morgan fingerprint density at radius 2 is 2.19 bits per heavy atom. The van der Waals surface area contributed by atoms with Crippen molar-refractivity contribution >= 4 is 5.97 Å². The summed E-state index contributed by atoms with van der Waals surface area (Å²) in [5, 5.41) is 7.51. The number of aromatic nitrogens is 3. The summed E-state index contributed by atoms with van der Waals surface area (Å²) in [5.41, 5.74) is 0. The number of carbonyl (C=O) groups excluding carboxylic acids is 1. The maximum atomic E-state index is 11.5. The molecule has 1 aromatic rings. The standard InChI is InChI=1S/C11H19N3O2/c1-3-5-6-7-8-14-9-12-13-10(14)11(15)16-4-2/h9H,3-8H2,1-2H3. The van der Waals surface area contributed by atoms with Crippen molar-refractivity contribution in [2.45, 2.75) is 46.1 Å². The third-order valence-corrected chi connectivity index (χ3v) is 2.33. The van der Waals surface area contributed by atoms with Gasteiger partial charge in [-0.25, -0.2) is 4.79 Å². The number of aryl methyl sites for hydroxylation is 1. The van der Waals surface area contributed by atoms with Crippen LogP contribution in [0.2, 0.25) is 0 Å². The van der Waals surface area contributed by atoms with E-state index in [4.69, 9.17) is 4.74 Å². The number of ether oxygens (including phenoxy) is 1. The van der Waals surface area contributed by atoms with Crippen molar-refractivity contribution in [2.75, 3.05) is 6.61 Å². The van der Waals surface area contributed by atoms with Crippen molar-refractivity contribution in [2.24, 2.45) is 0 Å². The monoisotopic (exact) mass is 225 g/mol. The zero-order valence-corrected chi connectivity index (χ0v) is 9.98. The summed E-state index contributed by atoms with van der Waals surface area (Å²) in [7, 11) is 0. The fourth-order valence-electron chi connectivity index (χ4n) is 1.48. The number of hydrogen-bond donors (Lipinski definition) is 0. The lowest BCUT2D eigenvalue weighted by Gasteiger charge is -2.05.